The maximum absolute atomic E-state index is 13.2. The first-order valence-electron chi connectivity index (χ1n) is 7.44. The zero-order chi connectivity index (χ0) is 14.0. The van der Waals surface area contributed by atoms with E-state index in [1.165, 1.54) is 25.0 Å². The summed E-state index contributed by atoms with van der Waals surface area (Å²) in [4.78, 5) is 14.2. The Kier molecular flexibility index (Phi) is 5.22. The summed E-state index contributed by atoms with van der Waals surface area (Å²) in [7, 11) is 0. The SMILES string of the molecule is Cl.O=C(c1cccc(F)c1)N1CCC2(CCNCC2)CC1. The quantitative estimate of drug-likeness (QED) is 0.865. The Morgan fingerprint density at radius 1 is 1.14 bits per heavy atom. The predicted molar refractivity (Wildman–Crippen MR) is 83.3 cm³/mol. The van der Waals surface area contributed by atoms with Crippen LogP contribution >= 0.6 is 12.4 Å². The average Bonchev–Trinajstić information content (AvgIpc) is 2.48. The van der Waals surface area contributed by atoms with Gasteiger partial charge in [0.25, 0.3) is 5.91 Å². The molecule has 0 bridgehead atoms. The standard InChI is InChI=1S/C16H21FN2O.ClH/c17-14-3-1-2-13(12-14)15(20)19-10-6-16(7-11-19)4-8-18-9-5-16;/h1-3,12,18H,4-11H2;1H. The third kappa shape index (κ3) is 3.55. The molecule has 2 fully saturated rings. The zero-order valence-corrected chi connectivity index (χ0v) is 12.9. The third-order valence-corrected chi connectivity index (χ3v) is 4.85. The summed E-state index contributed by atoms with van der Waals surface area (Å²) in [6.07, 6.45) is 4.59. The van der Waals surface area contributed by atoms with Gasteiger partial charge in [-0.2, -0.15) is 0 Å². The average molecular weight is 313 g/mol. The van der Waals surface area contributed by atoms with E-state index in [0.29, 0.717) is 11.0 Å². The molecule has 3 rings (SSSR count). The van der Waals surface area contributed by atoms with Crippen molar-refractivity contribution in [2.24, 2.45) is 5.41 Å². The minimum atomic E-state index is -0.345. The van der Waals surface area contributed by atoms with Gasteiger partial charge >= 0.3 is 0 Å². The lowest BCUT2D eigenvalue weighted by molar-refractivity contribution is 0.0495. The van der Waals surface area contributed by atoms with Crippen LogP contribution in [0.5, 0.6) is 0 Å². The maximum atomic E-state index is 13.2. The topological polar surface area (TPSA) is 32.3 Å². The molecule has 1 N–H and O–H groups in total. The van der Waals surface area contributed by atoms with Crippen LogP contribution in [0.1, 0.15) is 36.0 Å². The van der Waals surface area contributed by atoms with Gasteiger partial charge in [-0.25, -0.2) is 4.39 Å². The van der Waals surface area contributed by atoms with Gasteiger partial charge in [0.15, 0.2) is 0 Å². The molecule has 1 aromatic rings. The second-order valence-corrected chi connectivity index (χ2v) is 6.05. The summed E-state index contributed by atoms with van der Waals surface area (Å²) < 4.78 is 13.2. The Morgan fingerprint density at radius 2 is 1.81 bits per heavy atom. The molecule has 2 aliphatic rings. The van der Waals surface area contributed by atoms with Crippen LogP contribution in [0, 0.1) is 11.2 Å². The van der Waals surface area contributed by atoms with Crippen LogP contribution in [0.4, 0.5) is 4.39 Å². The number of benzene rings is 1. The lowest BCUT2D eigenvalue weighted by atomic mass is 9.71. The van der Waals surface area contributed by atoms with Crippen LogP contribution in [0.2, 0.25) is 0 Å². The van der Waals surface area contributed by atoms with Gasteiger partial charge in [-0.15, -0.1) is 12.4 Å². The zero-order valence-electron chi connectivity index (χ0n) is 12.1. The number of rotatable bonds is 1. The van der Waals surface area contributed by atoms with E-state index < -0.39 is 0 Å². The molecule has 116 valence electrons. The van der Waals surface area contributed by atoms with E-state index in [0.717, 1.165) is 39.0 Å². The number of carbonyl (C=O) groups is 1. The molecule has 2 heterocycles. The molecule has 3 nitrogen and oxygen atoms in total. The number of carbonyl (C=O) groups excluding carboxylic acids is 1. The summed E-state index contributed by atoms with van der Waals surface area (Å²) in [6, 6.07) is 6.00. The van der Waals surface area contributed by atoms with Crippen molar-refractivity contribution in [1.82, 2.24) is 10.2 Å². The molecular formula is C16H22ClFN2O. The highest BCUT2D eigenvalue weighted by molar-refractivity contribution is 5.94. The molecule has 0 aromatic heterocycles. The molecule has 1 spiro atoms. The van der Waals surface area contributed by atoms with E-state index in [-0.39, 0.29) is 24.1 Å². The fourth-order valence-electron chi connectivity index (χ4n) is 3.45. The Hall–Kier alpha value is -1.13. The van der Waals surface area contributed by atoms with E-state index >= 15 is 0 Å². The Bertz CT molecular complexity index is 493. The van der Waals surface area contributed by atoms with Gasteiger partial charge in [0.05, 0.1) is 0 Å². The van der Waals surface area contributed by atoms with Gasteiger partial charge in [0.1, 0.15) is 5.82 Å². The van der Waals surface area contributed by atoms with Crippen molar-refractivity contribution in [3.63, 3.8) is 0 Å². The van der Waals surface area contributed by atoms with Crippen LogP contribution in [-0.2, 0) is 0 Å². The van der Waals surface area contributed by atoms with Crippen molar-refractivity contribution >= 4 is 18.3 Å². The fraction of sp³-hybridized carbons (Fsp3) is 0.562. The number of likely N-dealkylation sites (tertiary alicyclic amines) is 1. The van der Waals surface area contributed by atoms with Crippen LogP contribution in [0.3, 0.4) is 0 Å². The first-order valence-corrected chi connectivity index (χ1v) is 7.44. The minimum absolute atomic E-state index is 0. The van der Waals surface area contributed by atoms with Gasteiger partial charge in [0, 0.05) is 18.7 Å². The molecule has 5 heteroatoms. The first-order chi connectivity index (χ1) is 9.69. The molecule has 0 atom stereocenters. The molecule has 2 aliphatic heterocycles. The van der Waals surface area contributed by atoms with Crippen molar-refractivity contribution in [2.75, 3.05) is 26.2 Å². The molecule has 0 unspecified atom stereocenters. The smallest absolute Gasteiger partial charge is 0.253 e. The largest absolute Gasteiger partial charge is 0.339 e. The summed E-state index contributed by atoms with van der Waals surface area (Å²) in [5, 5.41) is 3.40. The van der Waals surface area contributed by atoms with Gasteiger partial charge < -0.3 is 10.2 Å². The van der Waals surface area contributed by atoms with Crippen molar-refractivity contribution in [3.8, 4) is 0 Å². The summed E-state index contributed by atoms with van der Waals surface area (Å²) >= 11 is 0. The van der Waals surface area contributed by atoms with Gasteiger partial charge in [-0.1, -0.05) is 6.07 Å². The lowest BCUT2D eigenvalue weighted by Gasteiger charge is -2.44. The van der Waals surface area contributed by atoms with Crippen molar-refractivity contribution in [2.45, 2.75) is 25.7 Å². The van der Waals surface area contributed by atoms with Crippen molar-refractivity contribution in [3.05, 3.63) is 35.6 Å². The van der Waals surface area contributed by atoms with Crippen molar-refractivity contribution in [1.29, 1.82) is 0 Å². The number of nitrogens with one attached hydrogen (secondary N) is 1. The van der Waals surface area contributed by atoms with Gasteiger partial charge in [-0.05, 0) is 62.4 Å². The van der Waals surface area contributed by atoms with E-state index in [4.69, 9.17) is 0 Å². The fourth-order valence-corrected chi connectivity index (χ4v) is 3.45. The Morgan fingerprint density at radius 3 is 2.43 bits per heavy atom. The summed E-state index contributed by atoms with van der Waals surface area (Å²) in [5.41, 5.74) is 0.899. The van der Waals surface area contributed by atoms with E-state index in [1.54, 1.807) is 12.1 Å². The monoisotopic (exact) mass is 312 g/mol. The second-order valence-electron chi connectivity index (χ2n) is 6.05. The number of nitrogens with zero attached hydrogens (tertiary/aromatic N) is 1. The molecular weight excluding hydrogens is 291 g/mol. The second kappa shape index (κ2) is 6.75. The minimum Gasteiger partial charge on any atom is -0.339 e. The van der Waals surface area contributed by atoms with Gasteiger partial charge in [-0.3, -0.25) is 4.79 Å². The predicted octanol–water partition coefficient (Wildman–Crippen LogP) is 2.85. The number of hydrogen-bond acceptors (Lipinski definition) is 2. The van der Waals surface area contributed by atoms with E-state index in [2.05, 4.69) is 5.32 Å². The molecule has 1 amide bonds. The van der Waals surface area contributed by atoms with E-state index in [9.17, 15) is 9.18 Å². The number of piperidine rings is 2. The Balaban J connectivity index is 0.00000161. The molecule has 1 aromatic carbocycles. The molecule has 0 saturated carbocycles. The summed E-state index contributed by atoms with van der Waals surface area (Å²) in [6.45, 7) is 3.79. The van der Waals surface area contributed by atoms with Gasteiger partial charge in [0.2, 0.25) is 0 Å². The summed E-state index contributed by atoms with van der Waals surface area (Å²) in [5.74, 6) is -0.379. The van der Waals surface area contributed by atoms with Crippen LogP contribution in [0.25, 0.3) is 0 Å². The third-order valence-electron chi connectivity index (χ3n) is 4.85. The molecule has 0 radical (unpaired) electrons. The normalized spacial score (nSPS) is 20.9. The maximum Gasteiger partial charge on any atom is 0.253 e. The van der Waals surface area contributed by atoms with Crippen LogP contribution < -0.4 is 5.32 Å². The van der Waals surface area contributed by atoms with E-state index in [1.807, 2.05) is 4.90 Å². The molecule has 21 heavy (non-hydrogen) atoms. The molecule has 0 aliphatic carbocycles. The number of hydrogen-bond donors (Lipinski definition) is 1. The lowest BCUT2D eigenvalue weighted by Crippen LogP contribution is -2.47. The Labute approximate surface area is 131 Å². The highest BCUT2D eigenvalue weighted by Crippen LogP contribution is 2.39. The number of amides is 1. The highest BCUT2D eigenvalue weighted by Gasteiger charge is 2.36. The highest BCUT2D eigenvalue weighted by atomic mass is 35.5. The first kappa shape index (κ1) is 16.2. The number of halogens is 2. The van der Waals surface area contributed by atoms with Crippen LogP contribution in [-0.4, -0.2) is 37.0 Å². The van der Waals surface area contributed by atoms with Crippen LogP contribution in [0.15, 0.2) is 24.3 Å². The molecule has 2 saturated heterocycles. The van der Waals surface area contributed by atoms with Crippen molar-refractivity contribution < 1.29 is 9.18 Å².